The SMILES string of the molecule is Cl.c1ccc2sc(NC3CC(Oc4nccnc4C4CCNCC4)C3)nc2c1. The van der Waals surface area contributed by atoms with Crippen LogP contribution in [0.1, 0.15) is 37.3 Å². The lowest BCUT2D eigenvalue weighted by Crippen LogP contribution is -2.43. The third-order valence-electron chi connectivity index (χ3n) is 5.41. The summed E-state index contributed by atoms with van der Waals surface area (Å²) in [7, 11) is 0. The normalized spacial score (nSPS) is 22.3. The van der Waals surface area contributed by atoms with E-state index in [-0.39, 0.29) is 18.5 Å². The Kier molecular flexibility index (Phi) is 5.94. The molecule has 2 aromatic heterocycles. The zero-order valence-electron chi connectivity index (χ0n) is 15.5. The fraction of sp³-hybridized carbons (Fsp3) is 0.450. The molecule has 1 saturated heterocycles. The molecule has 1 aliphatic heterocycles. The van der Waals surface area contributed by atoms with E-state index < -0.39 is 0 Å². The molecule has 3 heterocycles. The van der Waals surface area contributed by atoms with Crippen molar-refractivity contribution in [1.82, 2.24) is 20.3 Å². The predicted octanol–water partition coefficient (Wildman–Crippen LogP) is 4.00. The van der Waals surface area contributed by atoms with Crippen molar-refractivity contribution in [1.29, 1.82) is 0 Å². The van der Waals surface area contributed by atoms with Gasteiger partial charge in [0.15, 0.2) is 5.13 Å². The summed E-state index contributed by atoms with van der Waals surface area (Å²) in [6.07, 6.45) is 7.85. The lowest BCUT2D eigenvalue weighted by atomic mass is 9.89. The molecule has 148 valence electrons. The number of thiazole rings is 1. The van der Waals surface area contributed by atoms with E-state index in [1.807, 2.05) is 6.07 Å². The van der Waals surface area contributed by atoms with Crippen LogP contribution in [0.15, 0.2) is 36.7 Å². The molecular weight excluding hydrogens is 394 g/mol. The molecule has 6 nitrogen and oxygen atoms in total. The third kappa shape index (κ3) is 4.06. The van der Waals surface area contributed by atoms with Crippen LogP contribution in [0.2, 0.25) is 0 Å². The first kappa shape index (κ1) is 19.4. The molecule has 2 N–H and O–H groups in total. The molecule has 0 bridgehead atoms. The maximum atomic E-state index is 6.21. The average molecular weight is 418 g/mol. The number of rotatable bonds is 5. The van der Waals surface area contributed by atoms with Crippen LogP contribution in [0, 0.1) is 0 Å². The number of halogens is 1. The van der Waals surface area contributed by atoms with Gasteiger partial charge in [0.2, 0.25) is 5.88 Å². The maximum absolute atomic E-state index is 6.21. The molecule has 5 rings (SSSR count). The van der Waals surface area contributed by atoms with E-state index in [0.717, 1.165) is 61.0 Å². The summed E-state index contributed by atoms with van der Waals surface area (Å²) in [6, 6.07) is 8.66. The molecule has 1 saturated carbocycles. The van der Waals surface area contributed by atoms with Crippen molar-refractivity contribution >= 4 is 39.1 Å². The quantitative estimate of drug-likeness (QED) is 0.653. The van der Waals surface area contributed by atoms with Gasteiger partial charge in [0.05, 0.1) is 10.2 Å². The van der Waals surface area contributed by atoms with Gasteiger partial charge in [-0.3, -0.25) is 4.98 Å². The van der Waals surface area contributed by atoms with Crippen LogP contribution >= 0.6 is 23.7 Å². The van der Waals surface area contributed by atoms with Gasteiger partial charge in [-0.25, -0.2) is 9.97 Å². The van der Waals surface area contributed by atoms with Gasteiger partial charge in [0.1, 0.15) is 11.8 Å². The summed E-state index contributed by atoms with van der Waals surface area (Å²) >= 11 is 1.71. The van der Waals surface area contributed by atoms with Gasteiger partial charge in [-0.1, -0.05) is 23.5 Å². The monoisotopic (exact) mass is 417 g/mol. The number of piperidine rings is 1. The number of anilines is 1. The van der Waals surface area contributed by atoms with Crippen molar-refractivity contribution in [3.8, 4) is 5.88 Å². The number of aromatic nitrogens is 3. The van der Waals surface area contributed by atoms with Crippen molar-refractivity contribution in [2.24, 2.45) is 0 Å². The standard InChI is InChI=1S/C20H23N5OS.ClH/c1-2-4-17-16(3-1)25-20(27-17)24-14-11-15(12-14)26-19-18(22-9-10-23-19)13-5-7-21-8-6-13;/h1-4,9-10,13-15,21H,5-8,11-12H2,(H,24,25);1H. The van der Waals surface area contributed by atoms with Crippen LogP contribution in [0.25, 0.3) is 10.2 Å². The molecule has 0 radical (unpaired) electrons. The zero-order chi connectivity index (χ0) is 18.1. The number of nitrogens with one attached hydrogen (secondary N) is 2. The van der Waals surface area contributed by atoms with Gasteiger partial charge >= 0.3 is 0 Å². The minimum absolute atomic E-state index is 0. The van der Waals surface area contributed by atoms with E-state index in [1.165, 1.54) is 4.70 Å². The summed E-state index contributed by atoms with van der Waals surface area (Å²) in [5.41, 5.74) is 2.09. The minimum atomic E-state index is 0. The number of para-hydroxylation sites is 1. The summed E-state index contributed by atoms with van der Waals surface area (Å²) in [6.45, 7) is 2.08. The van der Waals surface area contributed by atoms with E-state index in [1.54, 1.807) is 23.7 Å². The molecule has 2 aliphatic rings. The number of hydrogen-bond donors (Lipinski definition) is 2. The van der Waals surface area contributed by atoms with Crippen molar-refractivity contribution in [3.05, 3.63) is 42.4 Å². The molecule has 3 aromatic rings. The Morgan fingerprint density at radius 1 is 1.07 bits per heavy atom. The van der Waals surface area contributed by atoms with E-state index in [9.17, 15) is 0 Å². The van der Waals surface area contributed by atoms with Gasteiger partial charge < -0.3 is 15.4 Å². The summed E-state index contributed by atoms with van der Waals surface area (Å²) in [5.74, 6) is 1.18. The summed E-state index contributed by atoms with van der Waals surface area (Å²) in [5, 5.41) is 7.94. The van der Waals surface area contributed by atoms with Gasteiger partial charge in [-0.2, -0.15) is 0 Å². The molecule has 2 fully saturated rings. The number of nitrogens with zero attached hydrogens (tertiary/aromatic N) is 3. The van der Waals surface area contributed by atoms with Gasteiger partial charge in [-0.05, 0) is 38.1 Å². The number of fused-ring (bicyclic) bond motifs is 1. The highest BCUT2D eigenvalue weighted by Gasteiger charge is 2.33. The van der Waals surface area contributed by atoms with Crippen LogP contribution in [0.5, 0.6) is 5.88 Å². The van der Waals surface area contributed by atoms with E-state index >= 15 is 0 Å². The largest absolute Gasteiger partial charge is 0.473 e. The van der Waals surface area contributed by atoms with Crippen LogP contribution < -0.4 is 15.4 Å². The number of benzene rings is 1. The minimum Gasteiger partial charge on any atom is -0.473 e. The van der Waals surface area contributed by atoms with Crippen LogP contribution in [-0.2, 0) is 0 Å². The zero-order valence-corrected chi connectivity index (χ0v) is 17.1. The molecular formula is C20H24ClN5OS. The average Bonchev–Trinajstić information content (AvgIpc) is 3.10. The van der Waals surface area contributed by atoms with Crippen molar-refractivity contribution < 1.29 is 4.74 Å². The fourth-order valence-electron chi connectivity index (χ4n) is 3.85. The Hall–Kier alpha value is -1.96. The Morgan fingerprint density at radius 2 is 1.86 bits per heavy atom. The first-order valence-electron chi connectivity index (χ1n) is 9.65. The first-order chi connectivity index (χ1) is 13.3. The van der Waals surface area contributed by atoms with Gasteiger partial charge in [0.25, 0.3) is 0 Å². The Balaban J connectivity index is 0.00000192. The molecule has 0 spiro atoms. The van der Waals surface area contributed by atoms with E-state index in [0.29, 0.717) is 12.0 Å². The molecule has 8 heteroatoms. The fourth-order valence-corrected chi connectivity index (χ4v) is 4.79. The van der Waals surface area contributed by atoms with Crippen molar-refractivity contribution in [2.75, 3.05) is 18.4 Å². The molecule has 0 unspecified atom stereocenters. The second-order valence-electron chi connectivity index (χ2n) is 7.31. The second-order valence-corrected chi connectivity index (χ2v) is 8.34. The van der Waals surface area contributed by atoms with E-state index in [4.69, 9.17) is 4.74 Å². The molecule has 0 amide bonds. The van der Waals surface area contributed by atoms with Crippen LogP contribution in [-0.4, -0.2) is 40.2 Å². The topological polar surface area (TPSA) is 72.0 Å². The van der Waals surface area contributed by atoms with Gasteiger partial charge in [-0.15, -0.1) is 12.4 Å². The van der Waals surface area contributed by atoms with Gasteiger partial charge in [0, 0.05) is 37.2 Å². The van der Waals surface area contributed by atoms with Crippen LogP contribution in [0.4, 0.5) is 5.13 Å². The Bertz CT molecular complexity index is 891. The predicted molar refractivity (Wildman–Crippen MR) is 115 cm³/mol. The van der Waals surface area contributed by atoms with Crippen molar-refractivity contribution in [3.63, 3.8) is 0 Å². The lowest BCUT2D eigenvalue weighted by Gasteiger charge is -2.36. The maximum Gasteiger partial charge on any atom is 0.236 e. The van der Waals surface area contributed by atoms with E-state index in [2.05, 4.69) is 43.8 Å². The molecule has 0 atom stereocenters. The highest BCUT2D eigenvalue weighted by Crippen LogP contribution is 2.34. The Labute approximate surface area is 174 Å². The summed E-state index contributed by atoms with van der Waals surface area (Å²) < 4.78 is 7.43. The highest BCUT2D eigenvalue weighted by atomic mass is 35.5. The molecule has 1 aromatic carbocycles. The lowest BCUT2D eigenvalue weighted by molar-refractivity contribution is 0.0998. The van der Waals surface area contributed by atoms with Crippen LogP contribution in [0.3, 0.4) is 0 Å². The molecule has 28 heavy (non-hydrogen) atoms. The highest BCUT2D eigenvalue weighted by molar-refractivity contribution is 7.22. The van der Waals surface area contributed by atoms with Crippen molar-refractivity contribution in [2.45, 2.75) is 43.7 Å². The smallest absolute Gasteiger partial charge is 0.236 e. The molecule has 1 aliphatic carbocycles. The number of ether oxygens (including phenoxy) is 1. The Morgan fingerprint density at radius 3 is 2.68 bits per heavy atom. The summed E-state index contributed by atoms with van der Waals surface area (Å²) in [4.78, 5) is 13.7. The third-order valence-corrected chi connectivity index (χ3v) is 6.38. The second kappa shape index (κ2) is 8.59. The number of hydrogen-bond acceptors (Lipinski definition) is 7. The first-order valence-corrected chi connectivity index (χ1v) is 10.5.